The van der Waals surface area contributed by atoms with E-state index in [1.165, 1.54) is 22.2 Å². The molecule has 0 bridgehead atoms. The van der Waals surface area contributed by atoms with Gasteiger partial charge < -0.3 is 9.80 Å². The lowest BCUT2D eigenvalue weighted by molar-refractivity contribution is -0.132. The van der Waals surface area contributed by atoms with Crippen LogP contribution in [-0.4, -0.2) is 51.5 Å². The first kappa shape index (κ1) is 15.8. The van der Waals surface area contributed by atoms with Crippen molar-refractivity contribution in [3.63, 3.8) is 0 Å². The van der Waals surface area contributed by atoms with Crippen molar-refractivity contribution in [1.82, 2.24) is 19.4 Å². The van der Waals surface area contributed by atoms with Crippen LogP contribution in [0.2, 0.25) is 0 Å². The Bertz CT molecular complexity index is 944. The van der Waals surface area contributed by atoms with Gasteiger partial charge in [-0.05, 0) is 23.6 Å². The minimum Gasteiger partial charge on any atom is -0.353 e. The third kappa shape index (κ3) is 3.12. The molecule has 0 unspecified atom stereocenters. The molecular weight excluding hydrogens is 338 g/mol. The van der Waals surface area contributed by atoms with E-state index in [2.05, 4.69) is 14.9 Å². The molecule has 3 aromatic rings. The summed E-state index contributed by atoms with van der Waals surface area (Å²) in [5, 5.41) is 1.84. The van der Waals surface area contributed by atoms with Crippen molar-refractivity contribution in [2.24, 2.45) is 0 Å². The number of nitrogens with zero attached hydrogens (tertiary/aromatic N) is 5. The molecule has 0 spiro atoms. The molecule has 1 aliphatic heterocycles. The standard InChI is InChI=1S/C17H17N5O2S/c23-15(11-22-12-19-13-4-10-25-16(13)17(22)24)21-8-6-20(7-9-21)14-3-1-2-5-18-14/h1-5,10,12H,6-9,11H2. The van der Waals surface area contributed by atoms with Gasteiger partial charge >= 0.3 is 0 Å². The molecule has 0 aliphatic carbocycles. The average Bonchev–Trinajstić information content (AvgIpc) is 3.14. The van der Waals surface area contributed by atoms with Crippen LogP contribution in [-0.2, 0) is 11.3 Å². The van der Waals surface area contributed by atoms with E-state index in [1.54, 1.807) is 11.1 Å². The summed E-state index contributed by atoms with van der Waals surface area (Å²) in [6, 6.07) is 7.63. The highest BCUT2D eigenvalue weighted by molar-refractivity contribution is 7.17. The maximum absolute atomic E-state index is 12.5. The molecule has 0 atom stereocenters. The predicted molar refractivity (Wildman–Crippen MR) is 96.9 cm³/mol. The molecule has 128 valence electrons. The highest BCUT2D eigenvalue weighted by Crippen LogP contribution is 2.14. The molecule has 0 aromatic carbocycles. The summed E-state index contributed by atoms with van der Waals surface area (Å²) in [5.74, 6) is 0.874. The summed E-state index contributed by atoms with van der Waals surface area (Å²) in [4.78, 5) is 37.5. The number of carbonyl (C=O) groups is 1. The van der Waals surface area contributed by atoms with Crippen LogP contribution in [0.4, 0.5) is 5.82 Å². The van der Waals surface area contributed by atoms with Crippen molar-refractivity contribution in [1.29, 1.82) is 0 Å². The van der Waals surface area contributed by atoms with Crippen molar-refractivity contribution in [3.05, 3.63) is 52.5 Å². The summed E-state index contributed by atoms with van der Waals surface area (Å²) in [6.07, 6.45) is 3.23. The Morgan fingerprint density at radius 2 is 1.96 bits per heavy atom. The van der Waals surface area contributed by atoms with E-state index in [9.17, 15) is 9.59 Å². The van der Waals surface area contributed by atoms with Crippen LogP contribution < -0.4 is 10.5 Å². The Balaban J connectivity index is 1.42. The molecule has 7 nitrogen and oxygen atoms in total. The maximum Gasteiger partial charge on any atom is 0.271 e. The minimum atomic E-state index is -0.152. The van der Waals surface area contributed by atoms with Gasteiger partial charge in [0.25, 0.3) is 5.56 Å². The lowest BCUT2D eigenvalue weighted by Crippen LogP contribution is -2.50. The first-order chi connectivity index (χ1) is 12.2. The van der Waals surface area contributed by atoms with Crippen LogP contribution in [0, 0.1) is 0 Å². The molecule has 8 heteroatoms. The zero-order valence-corrected chi connectivity index (χ0v) is 14.4. The van der Waals surface area contributed by atoms with Gasteiger partial charge in [0.05, 0.1) is 11.8 Å². The number of anilines is 1. The third-order valence-corrected chi connectivity index (χ3v) is 5.24. The maximum atomic E-state index is 12.5. The zero-order valence-electron chi connectivity index (χ0n) is 13.5. The number of aromatic nitrogens is 3. The fraction of sp³-hybridized carbons (Fsp3) is 0.294. The van der Waals surface area contributed by atoms with Gasteiger partial charge in [0.2, 0.25) is 5.91 Å². The number of carbonyl (C=O) groups excluding carboxylic acids is 1. The first-order valence-electron chi connectivity index (χ1n) is 8.09. The Morgan fingerprint density at radius 3 is 2.72 bits per heavy atom. The van der Waals surface area contributed by atoms with Crippen LogP contribution in [0.1, 0.15) is 0 Å². The number of amides is 1. The molecule has 1 fully saturated rings. The summed E-state index contributed by atoms with van der Waals surface area (Å²) in [5.41, 5.74) is 0.531. The topological polar surface area (TPSA) is 71.3 Å². The number of hydrogen-bond acceptors (Lipinski definition) is 6. The van der Waals surface area contributed by atoms with Crippen molar-refractivity contribution in [3.8, 4) is 0 Å². The van der Waals surface area contributed by atoms with Crippen molar-refractivity contribution in [2.45, 2.75) is 6.54 Å². The monoisotopic (exact) mass is 355 g/mol. The van der Waals surface area contributed by atoms with Crippen LogP contribution in [0.25, 0.3) is 10.2 Å². The highest BCUT2D eigenvalue weighted by Gasteiger charge is 2.22. The highest BCUT2D eigenvalue weighted by atomic mass is 32.1. The van der Waals surface area contributed by atoms with Gasteiger partial charge in [-0.3, -0.25) is 14.2 Å². The number of pyridine rings is 1. The van der Waals surface area contributed by atoms with Gasteiger partial charge in [-0.25, -0.2) is 9.97 Å². The average molecular weight is 355 g/mol. The number of rotatable bonds is 3. The van der Waals surface area contributed by atoms with Crippen LogP contribution in [0.3, 0.4) is 0 Å². The van der Waals surface area contributed by atoms with E-state index in [4.69, 9.17) is 0 Å². The van der Waals surface area contributed by atoms with Gasteiger partial charge in [-0.1, -0.05) is 6.07 Å². The molecular formula is C17H17N5O2S. The predicted octanol–water partition coefficient (Wildman–Crippen LogP) is 1.20. The van der Waals surface area contributed by atoms with Crippen molar-refractivity contribution >= 4 is 33.3 Å². The normalized spacial score (nSPS) is 14.9. The van der Waals surface area contributed by atoms with E-state index >= 15 is 0 Å². The molecule has 0 N–H and O–H groups in total. The number of fused-ring (bicyclic) bond motifs is 1. The second-order valence-corrected chi connectivity index (χ2v) is 6.78. The van der Waals surface area contributed by atoms with E-state index in [0.717, 1.165) is 18.9 Å². The Kier molecular flexibility index (Phi) is 4.19. The molecule has 0 saturated carbocycles. The van der Waals surface area contributed by atoms with Gasteiger partial charge in [-0.15, -0.1) is 11.3 Å². The van der Waals surface area contributed by atoms with E-state index in [0.29, 0.717) is 23.3 Å². The zero-order chi connectivity index (χ0) is 17.2. The van der Waals surface area contributed by atoms with Crippen LogP contribution >= 0.6 is 11.3 Å². The molecule has 1 amide bonds. The Hall–Kier alpha value is -2.74. The van der Waals surface area contributed by atoms with Crippen molar-refractivity contribution < 1.29 is 4.79 Å². The molecule has 0 radical (unpaired) electrons. The molecule has 1 aliphatic rings. The summed E-state index contributed by atoms with van der Waals surface area (Å²) < 4.78 is 1.99. The number of piperazine rings is 1. The fourth-order valence-corrected chi connectivity index (χ4v) is 3.76. The van der Waals surface area contributed by atoms with Gasteiger partial charge in [0.15, 0.2) is 0 Å². The largest absolute Gasteiger partial charge is 0.353 e. The lowest BCUT2D eigenvalue weighted by atomic mass is 10.3. The van der Waals surface area contributed by atoms with Gasteiger partial charge in [0, 0.05) is 32.4 Å². The van der Waals surface area contributed by atoms with E-state index < -0.39 is 0 Å². The summed E-state index contributed by atoms with van der Waals surface area (Å²) >= 11 is 1.35. The van der Waals surface area contributed by atoms with Gasteiger partial charge in [0.1, 0.15) is 17.1 Å². The molecule has 4 heterocycles. The number of hydrogen-bond donors (Lipinski definition) is 0. The molecule has 3 aromatic heterocycles. The fourth-order valence-electron chi connectivity index (χ4n) is 2.96. The SMILES string of the molecule is O=C(Cn1cnc2ccsc2c1=O)N1CCN(c2ccccn2)CC1. The van der Waals surface area contributed by atoms with Crippen molar-refractivity contribution in [2.75, 3.05) is 31.1 Å². The van der Waals surface area contributed by atoms with Gasteiger partial charge in [-0.2, -0.15) is 0 Å². The summed E-state index contributed by atoms with van der Waals surface area (Å²) in [6.45, 7) is 2.75. The third-order valence-electron chi connectivity index (χ3n) is 4.35. The van der Waals surface area contributed by atoms with E-state index in [-0.39, 0.29) is 18.0 Å². The molecule has 1 saturated heterocycles. The second kappa shape index (κ2) is 6.64. The Labute approximate surface area is 148 Å². The minimum absolute atomic E-state index is 0.0310. The molecule has 4 rings (SSSR count). The molecule has 25 heavy (non-hydrogen) atoms. The lowest BCUT2D eigenvalue weighted by Gasteiger charge is -2.35. The number of thiophene rings is 1. The smallest absolute Gasteiger partial charge is 0.271 e. The van der Waals surface area contributed by atoms with Crippen LogP contribution in [0.15, 0.2) is 47.0 Å². The quantitative estimate of drug-likeness (QED) is 0.706. The van der Waals surface area contributed by atoms with E-state index in [1.807, 2.05) is 29.6 Å². The van der Waals surface area contributed by atoms with Crippen LogP contribution in [0.5, 0.6) is 0 Å². The second-order valence-electron chi connectivity index (χ2n) is 5.87. The Morgan fingerprint density at radius 1 is 1.12 bits per heavy atom. The first-order valence-corrected chi connectivity index (χ1v) is 8.97. The summed E-state index contributed by atoms with van der Waals surface area (Å²) in [7, 11) is 0.